The normalized spacial score (nSPS) is 17.1. The molecule has 1 saturated heterocycles. The molecule has 0 N–H and O–H groups in total. The quantitative estimate of drug-likeness (QED) is 0.426. The van der Waals surface area contributed by atoms with E-state index in [-0.39, 0.29) is 0 Å². The maximum absolute atomic E-state index is 5.35. The summed E-state index contributed by atoms with van der Waals surface area (Å²) in [5.74, 6) is 2.60. The van der Waals surface area contributed by atoms with Gasteiger partial charge in [0.25, 0.3) is 0 Å². The third-order valence-corrected chi connectivity index (χ3v) is 2.16. The molecule has 13 heavy (non-hydrogen) atoms. The highest BCUT2D eigenvalue weighted by Gasteiger charge is 2.14. The maximum atomic E-state index is 5.35. The van der Waals surface area contributed by atoms with E-state index in [0.717, 1.165) is 31.9 Å². The molecule has 0 saturated carbocycles. The van der Waals surface area contributed by atoms with Crippen molar-refractivity contribution in [2.45, 2.75) is 0 Å². The van der Waals surface area contributed by atoms with Gasteiger partial charge in [-0.2, -0.15) is 0 Å². The van der Waals surface area contributed by atoms with Gasteiger partial charge in [0.05, 0.1) is 0 Å². The van der Waals surface area contributed by atoms with Crippen LogP contribution in [0.2, 0.25) is 0 Å². The zero-order valence-electron chi connectivity index (χ0n) is 8.01. The van der Waals surface area contributed by atoms with Crippen molar-refractivity contribution in [3.05, 3.63) is 23.7 Å². The third-order valence-electron chi connectivity index (χ3n) is 2.16. The molecule has 1 aliphatic rings. The lowest BCUT2D eigenvalue weighted by Gasteiger charge is -2.32. The van der Waals surface area contributed by atoms with Crippen molar-refractivity contribution in [2.75, 3.05) is 33.2 Å². The van der Waals surface area contributed by atoms with Crippen LogP contribution in [0.4, 0.5) is 0 Å². The van der Waals surface area contributed by atoms with Crippen molar-refractivity contribution in [3.63, 3.8) is 0 Å². The van der Waals surface area contributed by atoms with E-state index in [4.69, 9.17) is 6.42 Å². The van der Waals surface area contributed by atoms with Gasteiger partial charge < -0.3 is 9.80 Å². The molecular weight excluding hydrogens is 160 g/mol. The predicted molar refractivity (Wildman–Crippen MR) is 54.1 cm³/mol. The summed E-state index contributed by atoms with van der Waals surface area (Å²) in [5.41, 5.74) is 6.20. The maximum Gasteiger partial charge on any atom is 0.140 e. The third kappa shape index (κ3) is 2.54. The second-order valence-corrected chi connectivity index (χ2v) is 3.09. The van der Waals surface area contributed by atoms with Crippen LogP contribution >= 0.6 is 0 Å². The largest absolute Gasteiger partial charge is 0.355 e. The molecule has 0 radical (unpaired) electrons. The van der Waals surface area contributed by atoms with E-state index in [1.807, 2.05) is 0 Å². The van der Waals surface area contributed by atoms with Crippen molar-refractivity contribution >= 4 is 0 Å². The molecule has 1 aliphatic heterocycles. The van der Waals surface area contributed by atoms with E-state index in [1.165, 1.54) is 0 Å². The molecule has 0 aliphatic carbocycles. The molecule has 0 amide bonds. The average Bonchev–Trinajstić information content (AvgIpc) is 2.16. The Bertz CT molecular complexity index is 291. The van der Waals surface area contributed by atoms with E-state index < -0.39 is 0 Å². The highest BCUT2D eigenvalue weighted by atomic mass is 15.2. The first-order valence-electron chi connectivity index (χ1n) is 4.33. The zero-order valence-corrected chi connectivity index (χ0v) is 8.01. The minimum Gasteiger partial charge on any atom is -0.355 e. The molecule has 0 spiro atoms. The van der Waals surface area contributed by atoms with Gasteiger partial charge in [0.1, 0.15) is 5.70 Å². The van der Waals surface area contributed by atoms with E-state index in [2.05, 4.69) is 40.8 Å². The van der Waals surface area contributed by atoms with Crippen LogP contribution < -0.4 is 0 Å². The second-order valence-electron chi connectivity index (χ2n) is 3.09. The van der Waals surface area contributed by atoms with Crippen molar-refractivity contribution in [1.82, 2.24) is 9.80 Å². The first-order chi connectivity index (χ1) is 6.27. The topological polar surface area (TPSA) is 6.48 Å². The number of hydrogen-bond donors (Lipinski definition) is 0. The minimum absolute atomic E-state index is 0.767. The fourth-order valence-electron chi connectivity index (χ4n) is 1.32. The summed E-state index contributed by atoms with van der Waals surface area (Å²) in [6.45, 7) is 7.49. The number of allylic oxidation sites excluding steroid dienone is 1. The first-order valence-corrected chi connectivity index (χ1v) is 4.33. The lowest BCUT2D eigenvalue weighted by Crippen LogP contribution is -2.43. The summed E-state index contributed by atoms with van der Waals surface area (Å²) in [5, 5.41) is 0. The van der Waals surface area contributed by atoms with Gasteiger partial charge in [-0.1, -0.05) is 5.73 Å². The minimum atomic E-state index is 0.767. The first kappa shape index (κ1) is 9.71. The monoisotopic (exact) mass is 174 g/mol. The van der Waals surface area contributed by atoms with Crippen LogP contribution in [0.5, 0.6) is 0 Å². The van der Waals surface area contributed by atoms with Crippen molar-refractivity contribution in [1.29, 1.82) is 0 Å². The van der Waals surface area contributed by atoms with Gasteiger partial charge in [0.2, 0.25) is 0 Å². The molecule has 0 bridgehead atoms. The van der Waals surface area contributed by atoms with Crippen molar-refractivity contribution in [3.8, 4) is 12.3 Å². The molecule has 1 rings (SSSR count). The molecule has 0 aromatic heterocycles. The number of piperazine rings is 1. The molecule has 1 heterocycles. The van der Waals surface area contributed by atoms with Crippen LogP contribution in [0.25, 0.3) is 0 Å². The van der Waals surface area contributed by atoms with E-state index in [1.54, 1.807) is 0 Å². The summed E-state index contributed by atoms with van der Waals surface area (Å²) in [7, 11) is 2.11. The van der Waals surface area contributed by atoms with Crippen LogP contribution in [0.15, 0.2) is 23.7 Å². The zero-order chi connectivity index (χ0) is 9.68. The highest BCUT2D eigenvalue weighted by molar-refractivity contribution is 5.23. The summed E-state index contributed by atoms with van der Waals surface area (Å²) in [6.07, 6.45) is 5.35. The second kappa shape index (κ2) is 4.60. The molecule has 0 atom stereocenters. The Hall–Kier alpha value is -1.38. The van der Waals surface area contributed by atoms with Gasteiger partial charge in [-0.3, -0.25) is 0 Å². The van der Waals surface area contributed by atoms with E-state index >= 15 is 0 Å². The molecule has 0 aromatic carbocycles. The Kier molecular flexibility index (Phi) is 3.43. The Morgan fingerprint density at radius 3 is 2.38 bits per heavy atom. The Morgan fingerprint density at radius 1 is 1.31 bits per heavy atom. The van der Waals surface area contributed by atoms with Gasteiger partial charge in [-0.05, 0) is 25.3 Å². The SMILES string of the molecule is C#CC(=C=C=C)N1CCN(C)CC1. The van der Waals surface area contributed by atoms with Crippen molar-refractivity contribution in [2.24, 2.45) is 0 Å². The fourth-order valence-corrected chi connectivity index (χ4v) is 1.32. The summed E-state index contributed by atoms with van der Waals surface area (Å²) in [6, 6.07) is 0. The summed E-state index contributed by atoms with van der Waals surface area (Å²) in [4.78, 5) is 4.42. The van der Waals surface area contributed by atoms with Crippen LogP contribution in [0, 0.1) is 12.3 Å². The molecule has 0 aromatic rings. The molecule has 1 fully saturated rings. The molecular formula is C11H14N2. The standard InChI is InChI=1S/C11H14N2/c1-4-6-11(5-2)13-9-7-12(3)8-10-13/h2H,1,7-10H2,3H3. The number of hydrogen-bond acceptors (Lipinski definition) is 2. The van der Waals surface area contributed by atoms with Gasteiger partial charge in [-0.15, -0.1) is 6.42 Å². The molecule has 2 heteroatoms. The lowest BCUT2D eigenvalue weighted by molar-refractivity contribution is 0.191. The number of likely N-dealkylation sites (N-methyl/N-ethyl adjacent to an activating group) is 1. The molecule has 2 nitrogen and oxygen atoms in total. The smallest absolute Gasteiger partial charge is 0.140 e. The van der Waals surface area contributed by atoms with Gasteiger partial charge in [-0.25, -0.2) is 0 Å². The van der Waals surface area contributed by atoms with Crippen LogP contribution in [-0.2, 0) is 0 Å². The number of nitrogens with zero attached hydrogens (tertiary/aromatic N) is 2. The van der Waals surface area contributed by atoms with E-state index in [9.17, 15) is 0 Å². The highest BCUT2D eigenvalue weighted by Crippen LogP contribution is 2.05. The Labute approximate surface area is 79.8 Å². The Morgan fingerprint density at radius 2 is 1.92 bits per heavy atom. The summed E-state index contributed by atoms with van der Waals surface area (Å²) >= 11 is 0. The van der Waals surface area contributed by atoms with E-state index in [0.29, 0.717) is 0 Å². The Balaban J connectivity index is 2.69. The lowest BCUT2D eigenvalue weighted by atomic mass is 10.3. The van der Waals surface area contributed by atoms with Gasteiger partial charge in [0, 0.05) is 26.2 Å². The predicted octanol–water partition coefficient (Wildman–Crippen LogP) is 0.691. The number of terminal acetylenes is 1. The van der Waals surface area contributed by atoms with Crippen LogP contribution in [-0.4, -0.2) is 43.0 Å². The van der Waals surface area contributed by atoms with Crippen LogP contribution in [0.1, 0.15) is 0 Å². The average molecular weight is 174 g/mol. The van der Waals surface area contributed by atoms with Crippen molar-refractivity contribution < 1.29 is 0 Å². The van der Waals surface area contributed by atoms with Gasteiger partial charge >= 0.3 is 0 Å². The fraction of sp³-hybridized carbons (Fsp3) is 0.455. The van der Waals surface area contributed by atoms with Gasteiger partial charge in [0.15, 0.2) is 0 Å². The number of rotatable bonds is 1. The van der Waals surface area contributed by atoms with Crippen LogP contribution in [0.3, 0.4) is 0 Å². The molecule has 0 unspecified atom stereocenters. The molecule has 68 valence electrons. The summed E-state index contributed by atoms with van der Waals surface area (Å²) < 4.78 is 0.